The molecule has 1 saturated heterocycles. The van der Waals surface area contributed by atoms with Crippen LogP contribution in [0.25, 0.3) is 0 Å². The fourth-order valence-corrected chi connectivity index (χ4v) is 1.96. The van der Waals surface area contributed by atoms with Gasteiger partial charge in [-0.05, 0) is 5.56 Å². The lowest BCUT2D eigenvalue weighted by atomic mass is 9.98. The first-order chi connectivity index (χ1) is 7.74. The van der Waals surface area contributed by atoms with E-state index in [9.17, 15) is 9.59 Å². The maximum Gasteiger partial charge on any atom is 0.237 e. The summed E-state index contributed by atoms with van der Waals surface area (Å²) in [6, 6.07) is 9.26. The fraction of sp³-hybridized carbons (Fsp3) is 0.333. The molecule has 0 saturated carbocycles. The summed E-state index contributed by atoms with van der Waals surface area (Å²) in [5.74, 6) is -0.779. The van der Waals surface area contributed by atoms with Crippen molar-refractivity contribution in [1.82, 2.24) is 4.90 Å². The number of amides is 2. The maximum atomic E-state index is 11.9. The molecule has 1 aromatic carbocycles. The minimum atomic E-state index is -0.375. The van der Waals surface area contributed by atoms with Gasteiger partial charge in [-0.2, -0.15) is 0 Å². The monoisotopic (exact) mass is 219 g/mol. The molecule has 0 bridgehead atoms. The van der Waals surface area contributed by atoms with Gasteiger partial charge in [-0.3, -0.25) is 14.5 Å². The zero-order chi connectivity index (χ0) is 11.5. The molecular weight excluding hydrogens is 206 g/mol. The predicted molar refractivity (Wildman–Crippen MR) is 57.6 cm³/mol. The molecule has 1 aromatic rings. The van der Waals surface area contributed by atoms with Crippen LogP contribution in [0.15, 0.2) is 30.3 Å². The highest BCUT2D eigenvalue weighted by Gasteiger charge is 2.38. The van der Waals surface area contributed by atoms with Crippen LogP contribution in [0.5, 0.6) is 0 Å². The molecule has 0 aromatic heterocycles. The number of carbonyl (C=O) groups is 2. The summed E-state index contributed by atoms with van der Waals surface area (Å²) in [6.07, 6.45) is 0.211. The van der Waals surface area contributed by atoms with E-state index in [2.05, 4.69) is 0 Å². The standard InChI is InChI=1S/C12H13NO3/c14-7-6-13-11(15)8-10(12(13)16)9-4-2-1-3-5-9/h1-5,10,14H,6-8H2. The number of carbonyl (C=O) groups excluding carboxylic acids is 2. The van der Waals surface area contributed by atoms with Gasteiger partial charge in [0.15, 0.2) is 0 Å². The Balaban J connectivity index is 2.21. The minimum Gasteiger partial charge on any atom is -0.395 e. The van der Waals surface area contributed by atoms with Crippen LogP contribution in [0.1, 0.15) is 17.9 Å². The number of nitrogens with zero attached hydrogens (tertiary/aromatic N) is 1. The molecule has 1 unspecified atom stereocenters. The molecule has 1 heterocycles. The molecule has 1 aliphatic rings. The van der Waals surface area contributed by atoms with Gasteiger partial charge in [0.2, 0.25) is 11.8 Å². The van der Waals surface area contributed by atoms with Gasteiger partial charge < -0.3 is 5.11 Å². The Morgan fingerprint density at radius 3 is 2.56 bits per heavy atom. The summed E-state index contributed by atoms with van der Waals surface area (Å²) in [7, 11) is 0. The van der Waals surface area contributed by atoms with Gasteiger partial charge in [-0.1, -0.05) is 30.3 Å². The molecule has 84 valence electrons. The first kappa shape index (κ1) is 10.8. The number of hydrogen-bond acceptors (Lipinski definition) is 3. The number of aliphatic hydroxyl groups is 1. The van der Waals surface area contributed by atoms with Crippen molar-refractivity contribution in [2.24, 2.45) is 0 Å². The van der Waals surface area contributed by atoms with E-state index in [1.165, 1.54) is 0 Å². The van der Waals surface area contributed by atoms with Gasteiger partial charge in [0.05, 0.1) is 19.1 Å². The first-order valence-electron chi connectivity index (χ1n) is 5.24. The molecule has 1 N–H and O–H groups in total. The Bertz CT molecular complexity index is 402. The third-order valence-electron chi connectivity index (χ3n) is 2.77. The van der Waals surface area contributed by atoms with Crippen molar-refractivity contribution in [3.63, 3.8) is 0 Å². The molecule has 1 fully saturated rings. The molecule has 4 nitrogen and oxygen atoms in total. The van der Waals surface area contributed by atoms with Gasteiger partial charge in [-0.15, -0.1) is 0 Å². The lowest BCUT2D eigenvalue weighted by molar-refractivity contribution is -0.139. The third-order valence-corrected chi connectivity index (χ3v) is 2.77. The summed E-state index contributed by atoms with van der Waals surface area (Å²) in [5.41, 5.74) is 0.862. The molecule has 2 amide bonds. The molecule has 0 radical (unpaired) electrons. The normalized spacial score (nSPS) is 20.6. The van der Waals surface area contributed by atoms with E-state index in [1.807, 2.05) is 30.3 Å². The van der Waals surface area contributed by atoms with Crippen molar-refractivity contribution < 1.29 is 14.7 Å². The predicted octanol–water partition coefficient (Wildman–Crippen LogP) is 0.521. The van der Waals surface area contributed by atoms with Crippen molar-refractivity contribution in [1.29, 1.82) is 0 Å². The number of rotatable bonds is 3. The number of β-amino-alcohol motifs (C(OH)–C–C–N with tert-alkyl or cyclic N) is 1. The smallest absolute Gasteiger partial charge is 0.237 e. The van der Waals surface area contributed by atoms with E-state index in [4.69, 9.17) is 5.11 Å². The molecule has 16 heavy (non-hydrogen) atoms. The van der Waals surface area contributed by atoms with E-state index in [0.717, 1.165) is 10.5 Å². The van der Waals surface area contributed by atoms with Crippen molar-refractivity contribution >= 4 is 11.8 Å². The quantitative estimate of drug-likeness (QED) is 0.754. The van der Waals surface area contributed by atoms with Crippen LogP contribution in [0.3, 0.4) is 0 Å². The first-order valence-corrected chi connectivity index (χ1v) is 5.24. The van der Waals surface area contributed by atoms with Crippen molar-refractivity contribution in [3.8, 4) is 0 Å². The highest BCUT2D eigenvalue weighted by molar-refractivity contribution is 6.06. The number of imide groups is 1. The highest BCUT2D eigenvalue weighted by Crippen LogP contribution is 2.28. The second kappa shape index (κ2) is 4.45. The Kier molecular flexibility index (Phi) is 3.01. The molecular formula is C12H13NO3. The Morgan fingerprint density at radius 2 is 1.94 bits per heavy atom. The SMILES string of the molecule is O=C1CC(c2ccccc2)C(=O)N1CCO. The second-order valence-electron chi connectivity index (χ2n) is 3.77. The maximum absolute atomic E-state index is 11.9. The van der Waals surface area contributed by atoms with Crippen LogP contribution in [-0.2, 0) is 9.59 Å². The average Bonchev–Trinajstić information content (AvgIpc) is 2.59. The summed E-state index contributed by atoms with van der Waals surface area (Å²) in [5, 5.41) is 8.77. The minimum absolute atomic E-state index is 0.0982. The fourth-order valence-electron chi connectivity index (χ4n) is 1.96. The van der Waals surface area contributed by atoms with Gasteiger partial charge in [0.25, 0.3) is 0 Å². The molecule has 4 heteroatoms. The van der Waals surface area contributed by atoms with E-state index >= 15 is 0 Å². The van der Waals surface area contributed by atoms with Crippen molar-refractivity contribution in [2.45, 2.75) is 12.3 Å². The third kappa shape index (κ3) is 1.84. The Hall–Kier alpha value is -1.68. The second-order valence-corrected chi connectivity index (χ2v) is 3.77. The van der Waals surface area contributed by atoms with Crippen LogP contribution in [0.4, 0.5) is 0 Å². The lowest BCUT2D eigenvalue weighted by Gasteiger charge is -2.13. The highest BCUT2D eigenvalue weighted by atomic mass is 16.3. The van der Waals surface area contributed by atoms with Gasteiger partial charge >= 0.3 is 0 Å². The van der Waals surface area contributed by atoms with E-state index in [-0.39, 0.29) is 37.3 Å². The Labute approximate surface area is 93.5 Å². The van der Waals surface area contributed by atoms with Gasteiger partial charge in [-0.25, -0.2) is 0 Å². The number of benzene rings is 1. The molecule has 1 atom stereocenters. The molecule has 2 rings (SSSR count). The number of hydrogen-bond donors (Lipinski definition) is 1. The largest absolute Gasteiger partial charge is 0.395 e. The molecule has 0 spiro atoms. The van der Waals surface area contributed by atoms with E-state index in [1.54, 1.807) is 0 Å². The van der Waals surface area contributed by atoms with Crippen LogP contribution >= 0.6 is 0 Å². The van der Waals surface area contributed by atoms with E-state index < -0.39 is 0 Å². The van der Waals surface area contributed by atoms with Gasteiger partial charge in [0, 0.05) is 6.42 Å². The topological polar surface area (TPSA) is 57.6 Å². The number of likely N-dealkylation sites (tertiary alicyclic amines) is 1. The summed E-state index contributed by atoms with van der Waals surface area (Å²) in [4.78, 5) is 24.6. The zero-order valence-electron chi connectivity index (χ0n) is 8.80. The summed E-state index contributed by atoms with van der Waals surface area (Å²) >= 11 is 0. The van der Waals surface area contributed by atoms with Crippen molar-refractivity contribution in [2.75, 3.05) is 13.2 Å². The van der Waals surface area contributed by atoms with Crippen LogP contribution < -0.4 is 0 Å². The van der Waals surface area contributed by atoms with E-state index in [0.29, 0.717) is 0 Å². The van der Waals surface area contributed by atoms with Gasteiger partial charge in [0.1, 0.15) is 0 Å². The van der Waals surface area contributed by atoms with Crippen LogP contribution in [0, 0.1) is 0 Å². The van der Waals surface area contributed by atoms with Crippen LogP contribution in [-0.4, -0.2) is 35.0 Å². The molecule has 1 aliphatic heterocycles. The lowest BCUT2D eigenvalue weighted by Crippen LogP contribution is -2.32. The number of aliphatic hydroxyl groups excluding tert-OH is 1. The van der Waals surface area contributed by atoms with Crippen LogP contribution in [0.2, 0.25) is 0 Å². The van der Waals surface area contributed by atoms with Crippen molar-refractivity contribution in [3.05, 3.63) is 35.9 Å². The Morgan fingerprint density at radius 1 is 1.25 bits per heavy atom. The molecule has 0 aliphatic carbocycles. The summed E-state index contributed by atoms with van der Waals surface area (Å²) < 4.78 is 0. The zero-order valence-corrected chi connectivity index (χ0v) is 8.80. The average molecular weight is 219 g/mol. The summed E-state index contributed by atoms with van der Waals surface area (Å²) in [6.45, 7) is -0.0833.